The Morgan fingerprint density at radius 1 is 1.32 bits per heavy atom. The molecular weight excluding hydrogens is 246 g/mol. The molecule has 1 fully saturated rings. The Bertz CT molecular complexity index is 291. The van der Waals surface area contributed by atoms with Crippen LogP contribution in [0, 0.1) is 5.92 Å². The van der Waals surface area contributed by atoms with Gasteiger partial charge in [0, 0.05) is 32.5 Å². The number of nitrogens with zero attached hydrogens (tertiary/aromatic N) is 1. The SMILES string of the molecule is C[C@H](CC(N)=O)CC(=O)NCCCN1CCOCC1. The van der Waals surface area contributed by atoms with Gasteiger partial charge in [0.15, 0.2) is 0 Å². The van der Waals surface area contributed by atoms with Crippen molar-refractivity contribution in [2.24, 2.45) is 11.7 Å². The smallest absolute Gasteiger partial charge is 0.220 e. The maximum Gasteiger partial charge on any atom is 0.220 e. The van der Waals surface area contributed by atoms with E-state index >= 15 is 0 Å². The largest absolute Gasteiger partial charge is 0.379 e. The first-order valence-electron chi connectivity index (χ1n) is 6.93. The highest BCUT2D eigenvalue weighted by Crippen LogP contribution is 2.06. The molecule has 3 N–H and O–H groups in total. The van der Waals surface area contributed by atoms with Crippen LogP contribution in [0.1, 0.15) is 26.2 Å². The number of carbonyl (C=O) groups is 2. The first kappa shape index (κ1) is 15.9. The van der Waals surface area contributed by atoms with E-state index in [1.54, 1.807) is 0 Å². The maximum absolute atomic E-state index is 11.6. The van der Waals surface area contributed by atoms with Crippen LogP contribution in [-0.2, 0) is 14.3 Å². The summed E-state index contributed by atoms with van der Waals surface area (Å²) in [6, 6.07) is 0. The van der Waals surface area contributed by atoms with Crippen LogP contribution in [0.15, 0.2) is 0 Å². The second kappa shape index (κ2) is 8.87. The van der Waals surface area contributed by atoms with Crippen LogP contribution < -0.4 is 11.1 Å². The lowest BCUT2D eigenvalue weighted by atomic mass is 10.0. The molecular formula is C13H25N3O3. The van der Waals surface area contributed by atoms with Crippen LogP contribution in [0.4, 0.5) is 0 Å². The van der Waals surface area contributed by atoms with Crippen molar-refractivity contribution in [3.05, 3.63) is 0 Å². The Hall–Kier alpha value is -1.14. The Labute approximate surface area is 114 Å². The Morgan fingerprint density at radius 3 is 2.63 bits per heavy atom. The van der Waals surface area contributed by atoms with Gasteiger partial charge in [-0.15, -0.1) is 0 Å². The van der Waals surface area contributed by atoms with Crippen molar-refractivity contribution < 1.29 is 14.3 Å². The zero-order valence-electron chi connectivity index (χ0n) is 11.7. The van der Waals surface area contributed by atoms with Crippen LogP contribution >= 0.6 is 0 Å². The molecule has 0 aromatic rings. The van der Waals surface area contributed by atoms with Crippen LogP contribution in [0.5, 0.6) is 0 Å². The number of amides is 2. The summed E-state index contributed by atoms with van der Waals surface area (Å²) in [4.78, 5) is 24.6. The van der Waals surface area contributed by atoms with E-state index in [4.69, 9.17) is 10.5 Å². The molecule has 0 aromatic carbocycles. The second-order valence-corrected chi connectivity index (χ2v) is 5.14. The number of primary amides is 1. The van der Waals surface area contributed by atoms with E-state index in [0.717, 1.165) is 39.3 Å². The maximum atomic E-state index is 11.6. The van der Waals surface area contributed by atoms with Crippen molar-refractivity contribution >= 4 is 11.8 Å². The number of carbonyl (C=O) groups excluding carboxylic acids is 2. The molecule has 0 aliphatic carbocycles. The molecule has 0 spiro atoms. The van der Waals surface area contributed by atoms with Gasteiger partial charge in [-0.1, -0.05) is 6.92 Å². The lowest BCUT2D eigenvalue weighted by molar-refractivity contribution is -0.122. The minimum atomic E-state index is -0.354. The molecule has 1 atom stereocenters. The van der Waals surface area contributed by atoms with Gasteiger partial charge in [-0.05, 0) is 18.9 Å². The van der Waals surface area contributed by atoms with Crippen molar-refractivity contribution in [1.82, 2.24) is 10.2 Å². The Balaban J connectivity index is 2.01. The Kier molecular flexibility index (Phi) is 7.43. The lowest BCUT2D eigenvalue weighted by Gasteiger charge is -2.26. The number of rotatable bonds is 8. The van der Waals surface area contributed by atoms with Crippen molar-refractivity contribution in [1.29, 1.82) is 0 Å². The van der Waals surface area contributed by atoms with Crippen LogP contribution in [0.25, 0.3) is 0 Å². The number of hydrogen-bond donors (Lipinski definition) is 2. The van der Waals surface area contributed by atoms with Gasteiger partial charge in [-0.3, -0.25) is 14.5 Å². The van der Waals surface area contributed by atoms with Crippen molar-refractivity contribution in [2.45, 2.75) is 26.2 Å². The lowest BCUT2D eigenvalue weighted by Crippen LogP contribution is -2.38. The zero-order chi connectivity index (χ0) is 14.1. The van der Waals surface area contributed by atoms with E-state index in [0.29, 0.717) is 13.0 Å². The van der Waals surface area contributed by atoms with Gasteiger partial charge < -0.3 is 15.8 Å². The minimum absolute atomic E-state index is 0.00396. The Morgan fingerprint density at radius 2 is 2.00 bits per heavy atom. The fraction of sp³-hybridized carbons (Fsp3) is 0.846. The summed E-state index contributed by atoms with van der Waals surface area (Å²) in [5.41, 5.74) is 5.09. The second-order valence-electron chi connectivity index (χ2n) is 5.14. The molecule has 6 nitrogen and oxygen atoms in total. The molecule has 1 saturated heterocycles. The molecule has 19 heavy (non-hydrogen) atoms. The fourth-order valence-corrected chi connectivity index (χ4v) is 2.16. The normalized spacial score (nSPS) is 17.9. The third-order valence-corrected chi connectivity index (χ3v) is 3.16. The quantitative estimate of drug-likeness (QED) is 0.595. The first-order valence-corrected chi connectivity index (χ1v) is 6.93. The van der Waals surface area contributed by atoms with E-state index in [1.807, 2.05) is 6.92 Å². The fourth-order valence-electron chi connectivity index (χ4n) is 2.16. The summed E-state index contributed by atoms with van der Waals surface area (Å²) >= 11 is 0. The summed E-state index contributed by atoms with van der Waals surface area (Å²) in [5, 5.41) is 2.88. The molecule has 2 amide bonds. The highest BCUT2D eigenvalue weighted by atomic mass is 16.5. The van der Waals surface area contributed by atoms with E-state index < -0.39 is 0 Å². The van der Waals surface area contributed by atoms with Gasteiger partial charge in [-0.25, -0.2) is 0 Å². The molecule has 110 valence electrons. The van der Waals surface area contributed by atoms with E-state index in [9.17, 15) is 9.59 Å². The minimum Gasteiger partial charge on any atom is -0.379 e. The molecule has 1 aliphatic heterocycles. The molecule has 1 rings (SSSR count). The van der Waals surface area contributed by atoms with E-state index in [1.165, 1.54) is 0 Å². The average Bonchev–Trinajstić information content (AvgIpc) is 2.35. The molecule has 0 radical (unpaired) electrons. The van der Waals surface area contributed by atoms with Gasteiger partial charge in [0.25, 0.3) is 0 Å². The standard InChI is InChI=1S/C13H25N3O3/c1-11(9-12(14)17)10-13(18)15-3-2-4-16-5-7-19-8-6-16/h11H,2-10H2,1H3,(H2,14,17)(H,15,18)/t11-/m1/s1. The molecule has 6 heteroatoms. The van der Waals surface area contributed by atoms with Gasteiger partial charge >= 0.3 is 0 Å². The third kappa shape index (κ3) is 7.79. The number of nitrogens with one attached hydrogen (secondary N) is 1. The summed E-state index contributed by atoms with van der Waals surface area (Å²) in [6.45, 7) is 7.08. The predicted octanol–water partition coefficient (Wildman–Crippen LogP) is -0.273. The molecule has 0 bridgehead atoms. The molecule has 0 aromatic heterocycles. The summed E-state index contributed by atoms with van der Waals surface area (Å²) in [5.74, 6) is -0.347. The predicted molar refractivity (Wildman–Crippen MR) is 72.5 cm³/mol. The summed E-state index contributed by atoms with van der Waals surface area (Å²) in [7, 11) is 0. The van der Waals surface area contributed by atoms with E-state index in [-0.39, 0.29) is 24.2 Å². The number of ether oxygens (including phenoxy) is 1. The summed E-state index contributed by atoms with van der Waals surface area (Å²) < 4.78 is 5.27. The monoisotopic (exact) mass is 271 g/mol. The molecule has 1 heterocycles. The van der Waals surface area contributed by atoms with Gasteiger partial charge in [0.2, 0.25) is 11.8 Å². The van der Waals surface area contributed by atoms with Crippen LogP contribution in [0.2, 0.25) is 0 Å². The molecule has 1 aliphatic rings. The zero-order valence-corrected chi connectivity index (χ0v) is 11.7. The van der Waals surface area contributed by atoms with Gasteiger partial charge in [0.05, 0.1) is 13.2 Å². The van der Waals surface area contributed by atoms with Crippen molar-refractivity contribution in [3.63, 3.8) is 0 Å². The average molecular weight is 271 g/mol. The molecule has 0 unspecified atom stereocenters. The van der Waals surface area contributed by atoms with Gasteiger partial charge in [0.1, 0.15) is 0 Å². The van der Waals surface area contributed by atoms with Crippen molar-refractivity contribution in [2.75, 3.05) is 39.4 Å². The van der Waals surface area contributed by atoms with Crippen LogP contribution in [0.3, 0.4) is 0 Å². The first-order chi connectivity index (χ1) is 9.08. The molecule has 0 saturated carbocycles. The highest BCUT2D eigenvalue weighted by Gasteiger charge is 2.12. The van der Waals surface area contributed by atoms with E-state index in [2.05, 4.69) is 10.2 Å². The number of nitrogens with two attached hydrogens (primary N) is 1. The highest BCUT2D eigenvalue weighted by molar-refractivity contribution is 5.78. The third-order valence-electron chi connectivity index (χ3n) is 3.16. The topological polar surface area (TPSA) is 84.7 Å². The number of hydrogen-bond acceptors (Lipinski definition) is 4. The van der Waals surface area contributed by atoms with Gasteiger partial charge in [-0.2, -0.15) is 0 Å². The number of morpholine rings is 1. The van der Waals surface area contributed by atoms with Crippen LogP contribution in [-0.4, -0.2) is 56.1 Å². The van der Waals surface area contributed by atoms with Crippen molar-refractivity contribution in [3.8, 4) is 0 Å². The summed E-state index contributed by atoms with van der Waals surface area (Å²) in [6.07, 6.45) is 1.57.